The maximum absolute atomic E-state index is 12.3. The molecule has 0 fully saturated rings. The van der Waals surface area contributed by atoms with E-state index in [1.807, 2.05) is 60.7 Å². The fourth-order valence-corrected chi connectivity index (χ4v) is 3.09. The van der Waals surface area contributed by atoms with Crippen molar-refractivity contribution in [2.45, 2.75) is 13.5 Å². The van der Waals surface area contributed by atoms with Gasteiger partial charge in [-0.25, -0.2) is 9.59 Å². The molecule has 0 amide bonds. The van der Waals surface area contributed by atoms with Gasteiger partial charge in [0, 0.05) is 6.08 Å². The minimum atomic E-state index is -0.713. The molecule has 182 valence electrons. The summed E-state index contributed by atoms with van der Waals surface area (Å²) in [4.78, 5) is 24.2. The highest BCUT2D eigenvalue weighted by molar-refractivity contribution is 5.98. The normalized spacial score (nSPS) is 11.0. The Hall–Kier alpha value is -4.83. The van der Waals surface area contributed by atoms with Gasteiger partial charge in [-0.1, -0.05) is 48.5 Å². The Balaban J connectivity index is 1.61. The van der Waals surface area contributed by atoms with Crippen LogP contribution in [0.25, 0.3) is 12.2 Å². The average molecular weight is 484 g/mol. The number of rotatable bonds is 10. The highest BCUT2D eigenvalue weighted by Gasteiger charge is 2.12. The van der Waals surface area contributed by atoms with Gasteiger partial charge in [-0.05, 0) is 60.0 Å². The molecule has 0 atom stereocenters. The maximum Gasteiger partial charge on any atom is 0.348 e. The van der Waals surface area contributed by atoms with Crippen molar-refractivity contribution in [3.05, 3.63) is 101 Å². The molecule has 3 rings (SSSR count). The first-order chi connectivity index (χ1) is 17.5. The first-order valence-corrected chi connectivity index (χ1v) is 11.2. The van der Waals surface area contributed by atoms with Crippen LogP contribution in [0.15, 0.2) is 84.4 Å². The number of methoxy groups -OCH3 is 1. The molecular weight excluding hydrogens is 458 g/mol. The number of hydrogen-bond donors (Lipinski definition) is 0. The zero-order valence-corrected chi connectivity index (χ0v) is 20.0. The molecule has 0 aliphatic heterocycles. The molecule has 7 heteroatoms. The van der Waals surface area contributed by atoms with Crippen molar-refractivity contribution >= 4 is 24.1 Å². The summed E-state index contributed by atoms with van der Waals surface area (Å²) in [5.41, 5.74) is 2.24. The molecule has 3 aromatic rings. The number of hydrogen-bond acceptors (Lipinski definition) is 7. The summed E-state index contributed by atoms with van der Waals surface area (Å²) in [6.07, 6.45) is 4.31. The van der Waals surface area contributed by atoms with Gasteiger partial charge in [-0.2, -0.15) is 5.26 Å². The number of carbonyl (C=O) groups is 2. The van der Waals surface area contributed by atoms with Crippen LogP contribution in [0, 0.1) is 11.3 Å². The molecule has 7 nitrogen and oxygen atoms in total. The highest BCUT2D eigenvalue weighted by Crippen LogP contribution is 2.29. The van der Waals surface area contributed by atoms with Gasteiger partial charge in [0.25, 0.3) is 0 Å². The zero-order valence-electron chi connectivity index (χ0n) is 20.0. The summed E-state index contributed by atoms with van der Waals surface area (Å²) < 4.78 is 21.3. The minimum absolute atomic E-state index is 0.150. The summed E-state index contributed by atoms with van der Waals surface area (Å²) in [6.45, 7) is 2.29. The van der Waals surface area contributed by atoms with E-state index >= 15 is 0 Å². The lowest BCUT2D eigenvalue weighted by Crippen LogP contribution is -2.06. The summed E-state index contributed by atoms with van der Waals surface area (Å²) in [5.74, 6) is -0.115. The lowest BCUT2D eigenvalue weighted by Gasteiger charge is -2.09. The van der Waals surface area contributed by atoms with E-state index in [2.05, 4.69) is 0 Å². The summed E-state index contributed by atoms with van der Waals surface area (Å²) in [7, 11) is 1.42. The Morgan fingerprint density at radius 2 is 1.67 bits per heavy atom. The Bertz CT molecular complexity index is 1290. The molecule has 0 bridgehead atoms. The standard InChI is InChI=1S/C29H25NO6/c1-3-34-29(32)24(19-30)17-23-11-15-26(27(18-23)33-2)36-28(31)16-12-21-9-13-25(14-10-21)35-20-22-7-5-4-6-8-22/h4-18H,3,20H2,1-2H3/b16-12+,24-17+. The van der Waals surface area contributed by atoms with Gasteiger partial charge in [-0.3, -0.25) is 0 Å². The lowest BCUT2D eigenvalue weighted by atomic mass is 10.1. The van der Waals surface area contributed by atoms with Crippen molar-refractivity contribution < 1.29 is 28.5 Å². The SMILES string of the molecule is CCOC(=O)/C(C#N)=C/c1ccc(OC(=O)/C=C/c2ccc(OCc3ccccc3)cc2)c(OC)c1. The number of ether oxygens (including phenoxy) is 4. The molecule has 0 saturated carbocycles. The van der Waals surface area contributed by atoms with Crippen LogP contribution >= 0.6 is 0 Å². The van der Waals surface area contributed by atoms with Crippen molar-refractivity contribution in [2.75, 3.05) is 13.7 Å². The van der Waals surface area contributed by atoms with Gasteiger partial charge >= 0.3 is 11.9 Å². The van der Waals surface area contributed by atoms with Crippen LogP contribution in [0.5, 0.6) is 17.2 Å². The molecule has 0 radical (unpaired) electrons. The Kier molecular flexibility index (Phi) is 9.43. The van der Waals surface area contributed by atoms with E-state index in [4.69, 9.17) is 18.9 Å². The van der Waals surface area contributed by atoms with Crippen molar-refractivity contribution in [2.24, 2.45) is 0 Å². The van der Waals surface area contributed by atoms with Crippen LogP contribution in [0.1, 0.15) is 23.6 Å². The van der Waals surface area contributed by atoms with Gasteiger partial charge in [0.1, 0.15) is 24.0 Å². The van der Waals surface area contributed by atoms with Crippen LogP contribution in [-0.4, -0.2) is 25.7 Å². The molecular formula is C29H25NO6. The number of benzene rings is 3. The van der Waals surface area contributed by atoms with Crippen LogP contribution in [0.2, 0.25) is 0 Å². The van der Waals surface area contributed by atoms with Crippen molar-refractivity contribution in [3.8, 4) is 23.3 Å². The van der Waals surface area contributed by atoms with E-state index < -0.39 is 11.9 Å². The molecule has 0 aliphatic carbocycles. The Morgan fingerprint density at radius 3 is 2.33 bits per heavy atom. The quantitative estimate of drug-likeness (QED) is 0.166. The molecule has 0 aliphatic rings. The van der Waals surface area contributed by atoms with E-state index in [0.29, 0.717) is 12.2 Å². The molecule has 0 heterocycles. The second-order valence-corrected chi connectivity index (χ2v) is 7.40. The topological polar surface area (TPSA) is 94.9 Å². The van der Waals surface area contributed by atoms with E-state index in [0.717, 1.165) is 16.9 Å². The van der Waals surface area contributed by atoms with Crippen LogP contribution in [0.4, 0.5) is 0 Å². The summed E-state index contributed by atoms with van der Waals surface area (Å²) in [6, 6.07) is 23.7. The largest absolute Gasteiger partial charge is 0.493 e. The second-order valence-electron chi connectivity index (χ2n) is 7.40. The predicted octanol–water partition coefficient (Wildman–Crippen LogP) is 5.36. The fourth-order valence-electron chi connectivity index (χ4n) is 3.09. The van der Waals surface area contributed by atoms with Crippen molar-refractivity contribution in [1.82, 2.24) is 0 Å². The molecule has 0 spiro atoms. The maximum atomic E-state index is 12.3. The first kappa shape index (κ1) is 25.8. The second kappa shape index (κ2) is 13.2. The molecule has 36 heavy (non-hydrogen) atoms. The fraction of sp³-hybridized carbons (Fsp3) is 0.138. The van der Waals surface area contributed by atoms with Gasteiger partial charge < -0.3 is 18.9 Å². The molecule has 0 aromatic heterocycles. The van der Waals surface area contributed by atoms with E-state index in [1.165, 1.54) is 25.3 Å². The number of nitrogens with zero attached hydrogens (tertiary/aromatic N) is 1. The monoisotopic (exact) mass is 483 g/mol. The van der Waals surface area contributed by atoms with E-state index in [1.54, 1.807) is 25.1 Å². The zero-order chi connectivity index (χ0) is 25.8. The van der Waals surface area contributed by atoms with Crippen LogP contribution < -0.4 is 14.2 Å². The minimum Gasteiger partial charge on any atom is -0.493 e. The van der Waals surface area contributed by atoms with Gasteiger partial charge in [0.2, 0.25) is 0 Å². The molecule has 0 N–H and O–H groups in total. The third-order valence-electron chi connectivity index (χ3n) is 4.87. The number of esters is 2. The third-order valence-corrected chi connectivity index (χ3v) is 4.87. The van der Waals surface area contributed by atoms with Crippen molar-refractivity contribution in [1.29, 1.82) is 5.26 Å². The van der Waals surface area contributed by atoms with Crippen LogP contribution in [0.3, 0.4) is 0 Å². The van der Waals surface area contributed by atoms with E-state index in [9.17, 15) is 14.9 Å². The summed E-state index contributed by atoms with van der Waals surface area (Å²) >= 11 is 0. The average Bonchev–Trinajstić information content (AvgIpc) is 2.91. The smallest absolute Gasteiger partial charge is 0.348 e. The molecule has 0 saturated heterocycles. The van der Waals surface area contributed by atoms with E-state index in [-0.39, 0.29) is 23.7 Å². The van der Waals surface area contributed by atoms with Gasteiger partial charge in [0.05, 0.1) is 13.7 Å². The number of carbonyl (C=O) groups excluding carboxylic acids is 2. The van der Waals surface area contributed by atoms with Gasteiger partial charge in [0.15, 0.2) is 11.5 Å². The highest BCUT2D eigenvalue weighted by atomic mass is 16.6. The molecule has 0 unspecified atom stereocenters. The predicted molar refractivity (Wildman–Crippen MR) is 135 cm³/mol. The number of nitriles is 1. The Morgan fingerprint density at radius 1 is 0.944 bits per heavy atom. The van der Waals surface area contributed by atoms with Gasteiger partial charge in [-0.15, -0.1) is 0 Å². The Labute approximate surface area is 209 Å². The lowest BCUT2D eigenvalue weighted by molar-refractivity contribution is -0.138. The van der Waals surface area contributed by atoms with Crippen LogP contribution in [-0.2, 0) is 20.9 Å². The molecule has 3 aromatic carbocycles. The first-order valence-electron chi connectivity index (χ1n) is 11.2. The van der Waals surface area contributed by atoms with Crippen molar-refractivity contribution in [3.63, 3.8) is 0 Å². The summed E-state index contributed by atoms with van der Waals surface area (Å²) in [5, 5.41) is 9.19. The third kappa shape index (κ3) is 7.61.